The zero-order valence-electron chi connectivity index (χ0n) is 16.1. The normalized spacial score (nSPS) is 17.2. The van der Waals surface area contributed by atoms with Crippen molar-refractivity contribution in [1.82, 2.24) is 4.72 Å². The average molecular weight is 426 g/mol. The van der Waals surface area contributed by atoms with Crippen LogP contribution in [0.15, 0.2) is 58.4 Å². The summed E-state index contributed by atoms with van der Waals surface area (Å²) in [5.41, 5.74) is 1.13. The second-order valence-electron chi connectivity index (χ2n) is 6.52. The second-order valence-corrected chi connectivity index (χ2v) is 8.17. The molecule has 0 spiro atoms. The van der Waals surface area contributed by atoms with Gasteiger partial charge in [-0.25, -0.2) is 13.2 Å². The molecule has 0 fully saturated rings. The number of anilines is 1. The molecule has 2 aromatic carbocycles. The van der Waals surface area contributed by atoms with Gasteiger partial charge < -0.3 is 10.1 Å². The quantitative estimate of drug-likeness (QED) is 0.696. The molecule has 1 aliphatic rings. The number of carbonyl (C=O) groups excluding carboxylic acids is 2. The number of fused-ring (bicyclic) bond motifs is 1. The van der Waals surface area contributed by atoms with Gasteiger partial charge in [0.2, 0.25) is 0 Å². The molecule has 0 saturated heterocycles. The van der Waals surface area contributed by atoms with Gasteiger partial charge in [0.05, 0.1) is 16.5 Å². The van der Waals surface area contributed by atoms with Crippen molar-refractivity contribution in [2.45, 2.75) is 30.9 Å². The van der Waals surface area contributed by atoms with Gasteiger partial charge >= 0.3 is 5.97 Å². The molecule has 1 heterocycles. The van der Waals surface area contributed by atoms with Gasteiger partial charge in [0.15, 0.2) is 6.10 Å². The van der Waals surface area contributed by atoms with Crippen LogP contribution in [-0.2, 0) is 24.3 Å². The largest absolute Gasteiger partial charge is 0.451 e. The Morgan fingerprint density at radius 3 is 2.63 bits per heavy atom. The number of amides is 1. The maximum Gasteiger partial charge on any atom is 0.331 e. The number of hydrogen-bond acceptors (Lipinski definition) is 7. The van der Waals surface area contributed by atoms with Crippen LogP contribution in [-0.4, -0.2) is 38.3 Å². The summed E-state index contributed by atoms with van der Waals surface area (Å²) in [4.78, 5) is 28.8. The summed E-state index contributed by atoms with van der Waals surface area (Å²) in [6.07, 6.45) is -1.13. The van der Waals surface area contributed by atoms with E-state index in [4.69, 9.17) is 10.00 Å². The molecule has 3 rings (SSSR count). The minimum Gasteiger partial charge on any atom is -0.451 e. The maximum atomic E-state index is 12.3. The summed E-state index contributed by atoms with van der Waals surface area (Å²) in [5.74, 6) is -1.33. The molecular weight excluding hydrogens is 408 g/mol. The standard InChI is InChI=1S/C20H18N4O5S/c1-12(22-18-16-8-3-4-9-17(16)30(27,28)24-18)20(26)29-13(2)19(25)23-15-7-5-6-14(10-15)11-21/h3-10,12-13H,1-2H3,(H,22,24)(H,23,25)/t12-,13?/m0/s1. The molecule has 1 aliphatic heterocycles. The van der Waals surface area contributed by atoms with Gasteiger partial charge in [-0.05, 0) is 44.2 Å². The Kier molecular flexibility index (Phi) is 5.84. The fourth-order valence-electron chi connectivity index (χ4n) is 2.71. The number of nitriles is 1. The molecule has 2 aromatic rings. The van der Waals surface area contributed by atoms with Crippen LogP contribution >= 0.6 is 0 Å². The van der Waals surface area contributed by atoms with Crippen LogP contribution in [0.3, 0.4) is 0 Å². The van der Waals surface area contributed by atoms with Crippen molar-refractivity contribution < 1.29 is 22.7 Å². The van der Waals surface area contributed by atoms with Crippen molar-refractivity contribution in [2.75, 3.05) is 5.32 Å². The summed E-state index contributed by atoms with van der Waals surface area (Å²) in [6, 6.07) is 13.5. The van der Waals surface area contributed by atoms with Gasteiger partial charge in [0.1, 0.15) is 11.9 Å². The number of esters is 1. The van der Waals surface area contributed by atoms with E-state index < -0.39 is 34.0 Å². The number of hydrogen-bond donors (Lipinski definition) is 2. The van der Waals surface area contributed by atoms with E-state index in [9.17, 15) is 18.0 Å². The van der Waals surface area contributed by atoms with Crippen LogP contribution in [0.25, 0.3) is 0 Å². The summed E-state index contributed by atoms with van der Waals surface area (Å²) in [5, 5.41) is 11.5. The average Bonchev–Trinajstić information content (AvgIpc) is 2.98. The third-order valence-electron chi connectivity index (χ3n) is 4.25. The Morgan fingerprint density at radius 2 is 1.90 bits per heavy atom. The fraction of sp³-hybridized carbons (Fsp3) is 0.200. The van der Waals surface area contributed by atoms with Crippen LogP contribution in [0.4, 0.5) is 5.69 Å². The molecule has 0 bridgehead atoms. The third kappa shape index (κ3) is 4.47. The van der Waals surface area contributed by atoms with Gasteiger partial charge in [-0.2, -0.15) is 5.26 Å². The Labute approximate surface area is 173 Å². The van der Waals surface area contributed by atoms with E-state index in [1.165, 1.54) is 26.0 Å². The van der Waals surface area contributed by atoms with Crippen molar-refractivity contribution in [3.63, 3.8) is 0 Å². The fourth-order valence-corrected chi connectivity index (χ4v) is 3.95. The Balaban J connectivity index is 1.66. The van der Waals surface area contributed by atoms with Gasteiger partial charge in [0.25, 0.3) is 15.9 Å². The highest BCUT2D eigenvalue weighted by atomic mass is 32.2. The summed E-state index contributed by atoms with van der Waals surface area (Å²) in [7, 11) is -3.72. The van der Waals surface area contributed by atoms with Crippen molar-refractivity contribution >= 4 is 33.4 Å². The first-order chi connectivity index (χ1) is 14.2. The first-order valence-electron chi connectivity index (χ1n) is 8.93. The minimum atomic E-state index is -3.72. The zero-order chi connectivity index (χ0) is 21.9. The third-order valence-corrected chi connectivity index (χ3v) is 5.65. The van der Waals surface area contributed by atoms with Gasteiger partial charge in [-0.3, -0.25) is 14.5 Å². The van der Waals surface area contributed by atoms with Crippen LogP contribution in [0.5, 0.6) is 0 Å². The smallest absolute Gasteiger partial charge is 0.331 e. The predicted molar refractivity (Wildman–Crippen MR) is 108 cm³/mol. The summed E-state index contributed by atoms with van der Waals surface area (Å²) < 4.78 is 31.7. The lowest BCUT2D eigenvalue weighted by atomic mass is 10.2. The van der Waals surface area contributed by atoms with Crippen LogP contribution < -0.4 is 10.0 Å². The molecular formula is C20H18N4O5S. The van der Waals surface area contributed by atoms with Gasteiger partial charge in [0, 0.05) is 11.3 Å². The SMILES string of the molecule is CC(OC(=O)[C@H](C)N=C1NS(=O)(=O)c2ccccc21)C(=O)Nc1cccc(C#N)c1. The van der Waals surface area contributed by atoms with Crippen LogP contribution in [0.1, 0.15) is 25.0 Å². The number of carbonyl (C=O) groups is 2. The molecule has 10 heteroatoms. The van der Waals surface area contributed by atoms with Crippen molar-refractivity contribution in [1.29, 1.82) is 5.26 Å². The molecule has 30 heavy (non-hydrogen) atoms. The molecule has 2 atom stereocenters. The van der Waals surface area contributed by atoms with E-state index in [2.05, 4.69) is 15.0 Å². The van der Waals surface area contributed by atoms with Crippen molar-refractivity contribution in [2.24, 2.45) is 4.99 Å². The molecule has 154 valence electrons. The number of nitrogens with zero attached hydrogens (tertiary/aromatic N) is 2. The van der Waals surface area contributed by atoms with Crippen LogP contribution in [0, 0.1) is 11.3 Å². The summed E-state index contributed by atoms with van der Waals surface area (Å²) >= 11 is 0. The first-order valence-corrected chi connectivity index (χ1v) is 10.4. The molecule has 0 radical (unpaired) electrons. The number of benzene rings is 2. The van der Waals surface area contributed by atoms with Crippen LogP contribution in [0.2, 0.25) is 0 Å². The number of sulfonamides is 1. The van der Waals surface area contributed by atoms with Gasteiger partial charge in [-0.15, -0.1) is 0 Å². The number of ether oxygens (including phenoxy) is 1. The molecule has 0 aliphatic carbocycles. The lowest BCUT2D eigenvalue weighted by Gasteiger charge is -2.15. The maximum absolute atomic E-state index is 12.3. The van der Waals surface area contributed by atoms with E-state index in [0.29, 0.717) is 16.8 Å². The van der Waals surface area contributed by atoms with Crippen molar-refractivity contribution in [3.8, 4) is 6.07 Å². The van der Waals surface area contributed by atoms with Crippen molar-refractivity contribution in [3.05, 3.63) is 59.7 Å². The number of aliphatic imine (C=N–C) groups is 1. The molecule has 9 nitrogen and oxygen atoms in total. The lowest BCUT2D eigenvalue weighted by molar-refractivity contribution is -0.153. The Morgan fingerprint density at radius 1 is 1.17 bits per heavy atom. The molecule has 1 unspecified atom stereocenters. The number of nitrogens with one attached hydrogen (secondary N) is 2. The number of rotatable bonds is 5. The van der Waals surface area contributed by atoms with E-state index in [1.807, 2.05) is 6.07 Å². The van der Waals surface area contributed by atoms with Gasteiger partial charge in [-0.1, -0.05) is 18.2 Å². The monoisotopic (exact) mass is 426 g/mol. The minimum absolute atomic E-state index is 0.0421. The first kappa shape index (κ1) is 21.0. The molecule has 0 aromatic heterocycles. The molecule has 0 saturated carbocycles. The highest BCUT2D eigenvalue weighted by Gasteiger charge is 2.31. The second kappa shape index (κ2) is 8.34. The van der Waals surface area contributed by atoms with E-state index in [1.54, 1.807) is 36.4 Å². The Bertz CT molecular complexity index is 1180. The Hall–Kier alpha value is -3.71. The highest BCUT2D eigenvalue weighted by molar-refractivity contribution is 7.90. The van der Waals surface area contributed by atoms with E-state index >= 15 is 0 Å². The predicted octanol–water partition coefficient (Wildman–Crippen LogP) is 1.56. The lowest BCUT2D eigenvalue weighted by Crippen LogP contribution is -2.33. The zero-order valence-corrected chi connectivity index (χ0v) is 16.9. The topological polar surface area (TPSA) is 138 Å². The van der Waals surface area contributed by atoms with E-state index in [0.717, 1.165) is 0 Å². The summed E-state index contributed by atoms with van der Waals surface area (Å²) in [6.45, 7) is 2.83. The number of amidine groups is 1. The molecule has 2 N–H and O–H groups in total. The highest BCUT2D eigenvalue weighted by Crippen LogP contribution is 2.22. The van der Waals surface area contributed by atoms with E-state index in [-0.39, 0.29) is 10.7 Å². The molecule has 1 amide bonds.